The second kappa shape index (κ2) is 6.21. The van der Waals surface area contributed by atoms with Crippen molar-refractivity contribution in [3.05, 3.63) is 47.3 Å². The first kappa shape index (κ1) is 15.2. The molecule has 1 N–H and O–H groups in total. The molecule has 4 nitrogen and oxygen atoms in total. The molecule has 0 saturated heterocycles. The summed E-state index contributed by atoms with van der Waals surface area (Å²) in [7, 11) is 0. The van der Waals surface area contributed by atoms with Gasteiger partial charge in [-0.3, -0.25) is 4.79 Å². The highest BCUT2D eigenvalue weighted by Crippen LogP contribution is 2.31. The molecule has 0 fully saturated rings. The molecule has 0 spiro atoms. The van der Waals surface area contributed by atoms with E-state index >= 15 is 0 Å². The Morgan fingerprint density at radius 3 is 2.78 bits per heavy atom. The fourth-order valence-corrected chi connectivity index (χ4v) is 2.90. The van der Waals surface area contributed by atoms with Crippen LogP contribution < -0.4 is 5.32 Å². The molecule has 2 aromatic rings. The first-order valence-corrected chi connectivity index (χ1v) is 7.35. The molecule has 1 aromatic carbocycles. The number of rotatable bonds is 2. The van der Waals surface area contributed by atoms with Crippen molar-refractivity contribution in [2.45, 2.75) is 32.2 Å². The molecule has 0 bridgehead atoms. The first-order chi connectivity index (χ1) is 11.1. The third-order valence-electron chi connectivity index (χ3n) is 3.82. The van der Waals surface area contributed by atoms with E-state index in [1.165, 1.54) is 16.8 Å². The van der Waals surface area contributed by atoms with Gasteiger partial charge in [-0.05, 0) is 44.2 Å². The number of nitrogens with one attached hydrogen (secondary N) is 1. The Kier molecular flexibility index (Phi) is 4.11. The lowest BCUT2D eigenvalue weighted by atomic mass is 9.93. The Morgan fingerprint density at radius 2 is 2.09 bits per heavy atom. The minimum Gasteiger partial charge on any atom is -0.338 e. The molecule has 23 heavy (non-hydrogen) atoms. The molecule has 1 amide bonds. The molecule has 1 aromatic heterocycles. The molecular weight excluding hydrogens is 300 g/mol. The number of aromatic nitrogens is 2. The molecule has 1 heterocycles. The van der Waals surface area contributed by atoms with Crippen molar-refractivity contribution < 1.29 is 13.6 Å². The summed E-state index contributed by atoms with van der Waals surface area (Å²) in [6.07, 6.45) is 4.01. The van der Waals surface area contributed by atoms with Crippen LogP contribution >= 0.6 is 0 Å². The Bertz CT molecular complexity index is 797. The largest absolute Gasteiger partial charge is 0.338 e. The van der Waals surface area contributed by atoms with Gasteiger partial charge in [0.1, 0.15) is 11.6 Å². The summed E-state index contributed by atoms with van der Waals surface area (Å²) >= 11 is 0. The number of carbonyl (C=O) groups is 1. The second-order valence-corrected chi connectivity index (χ2v) is 5.38. The highest BCUT2D eigenvalue weighted by molar-refractivity contribution is 5.93. The molecule has 6 heteroatoms. The van der Waals surface area contributed by atoms with E-state index in [1.807, 2.05) is 0 Å². The number of benzene rings is 1. The van der Waals surface area contributed by atoms with Gasteiger partial charge in [0.05, 0.1) is 17.9 Å². The zero-order chi connectivity index (χ0) is 16.4. The third-order valence-corrected chi connectivity index (χ3v) is 3.82. The quantitative estimate of drug-likeness (QED) is 0.866. The number of fused-ring (bicyclic) bond motifs is 1. The standard InChI is InChI=1S/C17H15F2N3O/c1-2-4-17(23)21-15-5-3-6-16-14(15)10-20-22(16)13-8-11(18)7-12(19)9-13/h7-10,15H,3,5-6H2,1H3,(H,21,23). The van der Waals surface area contributed by atoms with Crippen molar-refractivity contribution in [3.8, 4) is 17.5 Å². The predicted octanol–water partition coefficient (Wildman–Crippen LogP) is 2.67. The molecule has 1 aliphatic rings. The van der Waals surface area contributed by atoms with Crippen LogP contribution in [0.25, 0.3) is 5.69 Å². The minimum atomic E-state index is -0.650. The third kappa shape index (κ3) is 3.09. The Labute approximate surface area is 132 Å². The average molecular weight is 315 g/mol. The molecule has 0 saturated carbocycles. The number of amides is 1. The van der Waals surface area contributed by atoms with Crippen LogP contribution in [0.4, 0.5) is 8.78 Å². The van der Waals surface area contributed by atoms with Gasteiger partial charge in [-0.25, -0.2) is 13.5 Å². The van der Waals surface area contributed by atoms with E-state index in [1.54, 1.807) is 13.1 Å². The van der Waals surface area contributed by atoms with Crippen molar-refractivity contribution in [2.75, 3.05) is 0 Å². The predicted molar refractivity (Wildman–Crippen MR) is 80.8 cm³/mol. The normalized spacial score (nSPS) is 16.2. The van der Waals surface area contributed by atoms with Gasteiger partial charge in [0.15, 0.2) is 0 Å². The maximum absolute atomic E-state index is 13.4. The highest BCUT2D eigenvalue weighted by atomic mass is 19.1. The van der Waals surface area contributed by atoms with E-state index in [4.69, 9.17) is 0 Å². The fourth-order valence-electron chi connectivity index (χ4n) is 2.90. The number of hydrogen-bond donors (Lipinski definition) is 1. The Balaban J connectivity index is 1.96. The molecule has 1 aliphatic carbocycles. The summed E-state index contributed by atoms with van der Waals surface area (Å²) in [5.74, 6) is 3.37. The molecule has 118 valence electrons. The summed E-state index contributed by atoms with van der Waals surface area (Å²) in [5.41, 5.74) is 2.06. The van der Waals surface area contributed by atoms with Crippen LogP contribution in [-0.2, 0) is 11.2 Å². The minimum absolute atomic E-state index is 0.181. The molecule has 1 atom stereocenters. The monoisotopic (exact) mass is 315 g/mol. The summed E-state index contributed by atoms with van der Waals surface area (Å²) < 4.78 is 28.4. The van der Waals surface area contributed by atoms with Gasteiger partial charge < -0.3 is 5.32 Å². The molecule has 0 aliphatic heterocycles. The van der Waals surface area contributed by atoms with Crippen LogP contribution in [0.15, 0.2) is 24.4 Å². The van der Waals surface area contributed by atoms with E-state index in [0.717, 1.165) is 36.6 Å². The molecule has 1 unspecified atom stereocenters. The van der Waals surface area contributed by atoms with Crippen molar-refractivity contribution in [2.24, 2.45) is 0 Å². The highest BCUT2D eigenvalue weighted by Gasteiger charge is 2.26. The number of hydrogen-bond acceptors (Lipinski definition) is 2. The second-order valence-electron chi connectivity index (χ2n) is 5.38. The fraction of sp³-hybridized carbons (Fsp3) is 0.294. The van der Waals surface area contributed by atoms with Gasteiger partial charge in [-0.2, -0.15) is 5.10 Å². The maximum atomic E-state index is 13.4. The van der Waals surface area contributed by atoms with E-state index in [0.29, 0.717) is 5.69 Å². The van der Waals surface area contributed by atoms with Gasteiger partial charge in [0, 0.05) is 17.3 Å². The van der Waals surface area contributed by atoms with Crippen molar-refractivity contribution in [1.29, 1.82) is 0 Å². The summed E-state index contributed by atoms with van der Waals surface area (Å²) in [6, 6.07) is 3.12. The first-order valence-electron chi connectivity index (χ1n) is 7.35. The van der Waals surface area contributed by atoms with Gasteiger partial charge in [0.25, 0.3) is 5.91 Å². The van der Waals surface area contributed by atoms with Crippen molar-refractivity contribution >= 4 is 5.91 Å². The number of halogens is 2. The number of carbonyl (C=O) groups excluding carboxylic acids is 1. The van der Waals surface area contributed by atoms with Gasteiger partial charge in [-0.1, -0.05) is 5.92 Å². The SMILES string of the molecule is CC#CC(=O)NC1CCCc2c1cnn2-c1cc(F)cc(F)c1. The summed E-state index contributed by atoms with van der Waals surface area (Å²) in [5, 5.41) is 7.10. The van der Waals surface area contributed by atoms with E-state index in [9.17, 15) is 13.6 Å². The summed E-state index contributed by atoms with van der Waals surface area (Å²) in [4.78, 5) is 11.7. The lowest BCUT2D eigenvalue weighted by molar-refractivity contribution is -0.116. The van der Waals surface area contributed by atoms with Crippen LogP contribution in [0.2, 0.25) is 0 Å². The summed E-state index contributed by atoms with van der Waals surface area (Å²) in [6.45, 7) is 1.60. The smallest absolute Gasteiger partial charge is 0.296 e. The van der Waals surface area contributed by atoms with Crippen LogP contribution in [0.5, 0.6) is 0 Å². The molecular formula is C17H15F2N3O. The zero-order valence-electron chi connectivity index (χ0n) is 12.6. The van der Waals surface area contributed by atoms with Crippen LogP contribution in [-0.4, -0.2) is 15.7 Å². The zero-order valence-corrected chi connectivity index (χ0v) is 12.6. The lowest BCUT2D eigenvalue weighted by Crippen LogP contribution is -2.29. The van der Waals surface area contributed by atoms with E-state index in [-0.39, 0.29) is 11.9 Å². The van der Waals surface area contributed by atoms with Gasteiger partial charge in [-0.15, -0.1) is 0 Å². The number of nitrogens with zero attached hydrogens (tertiary/aromatic N) is 2. The average Bonchev–Trinajstić information content (AvgIpc) is 2.91. The topological polar surface area (TPSA) is 46.9 Å². The van der Waals surface area contributed by atoms with Crippen LogP contribution in [0, 0.1) is 23.5 Å². The Hall–Kier alpha value is -2.68. The van der Waals surface area contributed by atoms with Crippen LogP contribution in [0.1, 0.15) is 37.1 Å². The van der Waals surface area contributed by atoms with E-state index < -0.39 is 11.6 Å². The van der Waals surface area contributed by atoms with Crippen molar-refractivity contribution in [3.63, 3.8) is 0 Å². The molecule has 3 rings (SSSR count). The van der Waals surface area contributed by atoms with Gasteiger partial charge >= 0.3 is 0 Å². The molecule has 0 radical (unpaired) electrons. The lowest BCUT2D eigenvalue weighted by Gasteiger charge is -2.23. The maximum Gasteiger partial charge on any atom is 0.296 e. The van der Waals surface area contributed by atoms with Crippen LogP contribution in [0.3, 0.4) is 0 Å². The Morgan fingerprint density at radius 1 is 1.35 bits per heavy atom. The van der Waals surface area contributed by atoms with Gasteiger partial charge in [0.2, 0.25) is 0 Å². The van der Waals surface area contributed by atoms with E-state index in [2.05, 4.69) is 22.3 Å². The van der Waals surface area contributed by atoms with Crippen molar-refractivity contribution in [1.82, 2.24) is 15.1 Å².